The van der Waals surface area contributed by atoms with Crippen LogP contribution in [0, 0.1) is 0 Å². The molecule has 0 heterocycles. The number of halogens is 2. The second-order valence-electron chi connectivity index (χ2n) is 4.87. The lowest BCUT2D eigenvalue weighted by molar-refractivity contribution is 0.399. The quantitative estimate of drug-likeness (QED) is 0.894. The summed E-state index contributed by atoms with van der Waals surface area (Å²) >= 11 is 11.8. The summed E-state index contributed by atoms with van der Waals surface area (Å²) in [7, 11) is -3.71. The highest BCUT2D eigenvalue weighted by Gasteiger charge is 2.37. The molecular formula is C12H16Cl2N2O2S. The van der Waals surface area contributed by atoms with Crippen LogP contribution in [0.5, 0.6) is 0 Å². The van der Waals surface area contributed by atoms with Crippen LogP contribution >= 0.6 is 23.2 Å². The maximum Gasteiger partial charge on any atom is 0.242 e. The van der Waals surface area contributed by atoms with E-state index in [-0.39, 0.29) is 16.5 Å². The SMILES string of the molecule is NCC1(NS(=O)(=O)c2cc(Cl)ccc2Cl)CCCC1. The second-order valence-corrected chi connectivity index (χ2v) is 7.37. The molecule has 106 valence electrons. The van der Waals surface area contributed by atoms with Crippen LogP contribution in [-0.2, 0) is 10.0 Å². The Kier molecular flexibility index (Phi) is 4.42. The van der Waals surface area contributed by atoms with Gasteiger partial charge in [0.05, 0.1) is 5.02 Å². The van der Waals surface area contributed by atoms with Crippen molar-refractivity contribution in [2.45, 2.75) is 36.1 Å². The minimum atomic E-state index is -3.71. The number of hydrogen-bond donors (Lipinski definition) is 2. The minimum absolute atomic E-state index is 0.00129. The first-order valence-corrected chi connectivity index (χ1v) is 8.32. The molecule has 7 heteroatoms. The highest BCUT2D eigenvalue weighted by molar-refractivity contribution is 7.89. The molecule has 2 rings (SSSR count). The van der Waals surface area contributed by atoms with E-state index in [1.807, 2.05) is 0 Å². The van der Waals surface area contributed by atoms with Crippen molar-refractivity contribution in [3.05, 3.63) is 28.2 Å². The van der Waals surface area contributed by atoms with Gasteiger partial charge in [0.2, 0.25) is 10.0 Å². The van der Waals surface area contributed by atoms with Crippen molar-refractivity contribution in [3.8, 4) is 0 Å². The van der Waals surface area contributed by atoms with E-state index in [1.165, 1.54) is 12.1 Å². The maximum absolute atomic E-state index is 12.4. The molecule has 0 radical (unpaired) electrons. The van der Waals surface area contributed by atoms with Gasteiger partial charge >= 0.3 is 0 Å². The Bertz CT molecular complexity index is 569. The lowest BCUT2D eigenvalue weighted by Gasteiger charge is -2.28. The zero-order valence-electron chi connectivity index (χ0n) is 10.3. The van der Waals surface area contributed by atoms with Gasteiger partial charge in [0, 0.05) is 17.1 Å². The Hall–Kier alpha value is -0.330. The molecule has 1 saturated carbocycles. The molecule has 1 aliphatic rings. The van der Waals surface area contributed by atoms with Crippen molar-refractivity contribution in [1.29, 1.82) is 0 Å². The van der Waals surface area contributed by atoms with E-state index >= 15 is 0 Å². The Morgan fingerprint density at radius 3 is 2.47 bits per heavy atom. The number of sulfonamides is 1. The van der Waals surface area contributed by atoms with Crippen LogP contribution in [0.4, 0.5) is 0 Å². The summed E-state index contributed by atoms with van der Waals surface area (Å²) in [6.45, 7) is 0.282. The fraction of sp³-hybridized carbons (Fsp3) is 0.500. The van der Waals surface area contributed by atoms with Gasteiger partial charge in [0.25, 0.3) is 0 Å². The highest BCUT2D eigenvalue weighted by atomic mass is 35.5. The molecule has 1 aromatic rings. The monoisotopic (exact) mass is 322 g/mol. The van der Waals surface area contributed by atoms with Gasteiger partial charge in [0.15, 0.2) is 0 Å². The molecule has 1 aliphatic carbocycles. The maximum atomic E-state index is 12.4. The molecule has 1 fully saturated rings. The Morgan fingerprint density at radius 2 is 1.89 bits per heavy atom. The van der Waals surface area contributed by atoms with Crippen LogP contribution in [0.3, 0.4) is 0 Å². The smallest absolute Gasteiger partial charge is 0.242 e. The zero-order valence-corrected chi connectivity index (χ0v) is 12.7. The van der Waals surface area contributed by atoms with Crippen molar-refractivity contribution in [1.82, 2.24) is 4.72 Å². The van der Waals surface area contributed by atoms with Crippen molar-refractivity contribution in [3.63, 3.8) is 0 Å². The Labute approximate surface area is 123 Å². The van der Waals surface area contributed by atoms with Crippen LogP contribution in [0.15, 0.2) is 23.1 Å². The van der Waals surface area contributed by atoms with E-state index in [0.717, 1.165) is 25.7 Å². The van der Waals surface area contributed by atoms with Crippen LogP contribution in [0.2, 0.25) is 10.0 Å². The van der Waals surface area contributed by atoms with E-state index in [1.54, 1.807) is 6.07 Å². The summed E-state index contributed by atoms with van der Waals surface area (Å²) in [6.07, 6.45) is 3.45. The standard InChI is InChI=1S/C12H16Cl2N2O2S/c13-9-3-4-10(14)11(7-9)19(17,18)16-12(8-15)5-1-2-6-12/h3-4,7,16H,1-2,5-6,8,15H2. The number of nitrogens with one attached hydrogen (secondary N) is 1. The van der Waals surface area contributed by atoms with Gasteiger partial charge in [0.1, 0.15) is 4.90 Å². The summed E-state index contributed by atoms with van der Waals surface area (Å²) in [4.78, 5) is 0.00129. The van der Waals surface area contributed by atoms with Gasteiger partial charge in [-0.2, -0.15) is 0 Å². The summed E-state index contributed by atoms with van der Waals surface area (Å²) in [6, 6.07) is 4.38. The van der Waals surface area contributed by atoms with E-state index < -0.39 is 15.6 Å². The van der Waals surface area contributed by atoms with Gasteiger partial charge < -0.3 is 5.73 Å². The van der Waals surface area contributed by atoms with Crippen molar-refractivity contribution in [2.75, 3.05) is 6.54 Å². The van der Waals surface area contributed by atoms with Crippen LogP contribution in [0.25, 0.3) is 0 Å². The number of nitrogens with two attached hydrogens (primary N) is 1. The molecule has 0 atom stereocenters. The number of benzene rings is 1. The largest absolute Gasteiger partial charge is 0.329 e. The number of hydrogen-bond acceptors (Lipinski definition) is 3. The van der Waals surface area contributed by atoms with Gasteiger partial charge in [-0.25, -0.2) is 13.1 Å². The Morgan fingerprint density at radius 1 is 1.26 bits per heavy atom. The number of rotatable bonds is 4. The minimum Gasteiger partial charge on any atom is -0.329 e. The molecule has 0 bridgehead atoms. The molecule has 4 nitrogen and oxygen atoms in total. The Balaban J connectivity index is 2.34. The van der Waals surface area contributed by atoms with Gasteiger partial charge in [-0.1, -0.05) is 36.0 Å². The first-order valence-electron chi connectivity index (χ1n) is 6.08. The molecule has 0 amide bonds. The van der Waals surface area contributed by atoms with Crippen LogP contribution < -0.4 is 10.5 Å². The fourth-order valence-electron chi connectivity index (χ4n) is 2.42. The van der Waals surface area contributed by atoms with Crippen molar-refractivity contribution in [2.24, 2.45) is 5.73 Å². The van der Waals surface area contributed by atoms with E-state index in [4.69, 9.17) is 28.9 Å². The highest BCUT2D eigenvalue weighted by Crippen LogP contribution is 2.32. The molecule has 0 aromatic heterocycles. The molecule has 0 unspecified atom stereocenters. The zero-order chi connectivity index (χ0) is 14.1. The predicted octanol–water partition coefficient (Wildman–Crippen LogP) is 2.54. The lowest BCUT2D eigenvalue weighted by atomic mass is 10.0. The van der Waals surface area contributed by atoms with E-state index in [2.05, 4.69) is 4.72 Å². The molecule has 0 spiro atoms. The molecule has 19 heavy (non-hydrogen) atoms. The third kappa shape index (κ3) is 3.23. The van der Waals surface area contributed by atoms with Crippen molar-refractivity contribution < 1.29 is 8.42 Å². The first kappa shape index (κ1) is 15.1. The summed E-state index contributed by atoms with van der Waals surface area (Å²) < 4.78 is 27.5. The van der Waals surface area contributed by atoms with Gasteiger partial charge in [-0.3, -0.25) is 0 Å². The summed E-state index contributed by atoms with van der Waals surface area (Å²) in [5.74, 6) is 0. The third-order valence-corrected chi connectivity index (χ3v) is 5.78. The molecule has 3 N–H and O–H groups in total. The van der Waals surface area contributed by atoms with E-state index in [9.17, 15) is 8.42 Å². The lowest BCUT2D eigenvalue weighted by Crippen LogP contribution is -2.51. The van der Waals surface area contributed by atoms with E-state index in [0.29, 0.717) is 5.02 Å². The molecule has 0 aliphatic heterocycles. The van der Waals surface area contributed by atoms with Gasteiger partial charge in [-0.05, 0) is 31.0 Å². The average molecular weight is 323 g/mol. The van der Waals surface area contributed by atoms with Crippen LogP contribution in [0.1, 0.15) is 25.7 Å². The fourth-order valence-corrected chi connectivity index (χ4v) is 4.66. The third-order valence-electron chi connectivity index (χ3n) is 3.49. The second kappa shape index (κ2) is 5.58. The average Bonchev–Trinajstić information content (AvgIpc) is 2.80. The normalized spacial score (nSPS) is 18.7. The van der Waals surface area contributed by atoms with Gasteiger partial charge in [-0.15, -0.1) is 0 Å². The topological polar surface area (TPSA) is 72.2 Å². The van der Waals surface area contributed by atoms with Crippen LogP contribution in [-0.4, -0.2) is 20.5 Å². The first-order chi connectivity index (χ1) is 8.88. The summed E-state index contributed by atoms with van der Waals surface area (Å²) in [5.41, 5.74) is 5.18. The molecule has 0 saturated heterocycles. The predicted molar refractivity (Wildman–Crippen MR) is 77.0 cm³/mol. The molecule has 1 aromatic carbocycles. The van der Waals surface area contributed by atoms with Crippen molar-refractivity contribution >= 4 is 33.2 Å². The molecular weight excluding hydrogens is 307 g/mol. The summed E-state index contributed by atoms with van der Waals surface area (Å²) in [5, 5.41) is 0.486.